The van der Waals surface area contributed by atoms with Gasteiger partial charge in [0.2, 0.25) is 0 Å². The van der Waals surface area contributed by atoms with Crippen LogP contribution in [-0.2, 0) is 0 Å². The molecule has 1 fully saturated rings. The van der Waals surface area contributed by atoms with Gasteiger partial charge in [-0.05, 0) is 41.7 Å². The number of allylic oxidation sites excluding steroid dienone is 1. The van der Waals surface area contributed by atoms with E-state index in [0.29, 0.717) is 0 Å². The standard InChI is InChI=1S/C14H16/c1-10-6-8-14-12(10)9-7-11-4-2-3-5-13(11)14/h2-5,7,9-10,12,14H,6,8H2,1H3. The first-order valence-corrected chi connectivity index (χ1v) is 5.63. The highest BCUT2D eigenvalue weighted by molar-refractivity contribution is 5.58. The molecular weight excluding hydrogens is 168 g/mol. The fourth-order valence-electron chi connectivity index (χ4n) is 3.13. The highest BCUT2D eigenvalue weighted by Gasteiger charge is 2.34. The number of fused-ring (bicyclic) bond motifs is 3. The smallest absolute Gasteiger partial charge is 0.00903 e. The van der Waals surface area contributed by atoms with Crippen LogP contribution in [0.15, 0.2) is 30.3 Å². The van der Waals surface area contributed by atoms with E-state index in [1.165, 1.54) is 18.4 Å². The van der Waals surface area contributed by atoms with E-state index in [9.17, 15) is 0 Å². The molecule has 72 valence electrons. The molecule has 0 aliphatic heterocycles. The van der Waals surface area contributed by atoms with Crippen molar-refractivity contribution in [1.82, 2.24) is 0 Å². The second-order valence-electron chi connectivity index (χ2n) is 4.73. The van der Waals surface area contributed by atoms with Crippen LogP contribution < -0.4 is 0 Å². The molecule has 1 saturated carbocycles. The average molecular weight is 184 g/mol. The molecule has 1 aromatic carbocycles. The average Bonchev–Trinajstić information content (AvgIpc) is 2.61. The van der Waals surface area contributed by atoms with Gasteiger partial charge in [0, 0.05) is 0 Å². The van der Waals surface area contributed by atoms with E-state index in [1.54, 1.807) is 5.56 Å². The van der Waals surface area contributed by atoms with Crippen molar-refractivity contribution in [3.8, 4) is 0 Å². The van der Waals surface area contributed by atoms with Crippen molar-refractivity contribution in [3.05, 3.63) is 41.5 Å². The molecule has 0 N–H and O–H groups in total. The van der Waals surface area contributed by atoms with Gasteiger partial charge in [-0.25, -0.2) is 0 Å². The zero-order valence-electron chi connectivity index (χ0n) is 8.61. The summed E-state index contributed by atoms with van der Waals surface area (Å²) in [6.07, 6.45) is 7.53. The van der Waals surface area contributed by atoms with Gasteiger partial charge in [-0.3, -0.25) is 0 Å². The van der Waals surface area contributed by atoms with E-state index in [0.717, 1.165) is 17.8 Å². The molecule has 3 atom stereocenters. The van der Waals surface area contributed by atoms with Crippen LogP contribution in [0.3, 0.4) is 0 Å². The molecule has 14 heavy (non-hydrogen) atoms. The molecule has 0 heteroatoms. The summed E-state index contributed by atoms with van der Waals surface area (Å²) in [5, 5.41) is 0. The fourth-order valence-corrected chi connectivity index (χ4v) is 3.13. The summed E-state index contributed by atoms with van der Waals surface area (Å²) >= 11 is 0. The van der Waals surface area contributed by atoms with Crippen LogP contribution in [0.5, 0.6) is 0 Å². The maximum Gasteiger partial charge on any atom is -0.00903 e. The van der Waals surface area contributed by atoms with Gasteiger partial charge in [-0.2, -0.15) is 0 Å². The Morgan fingerprint density at radius 3 is 2.93 bits per heavy atom. The molecule has 3 rings (SSSR count). The van der Waals surface area contributed by atoms with Gasteiger partial charge in [0.15, 0.2) is 0 Å². The number of benzene rings is 1. The van der Waals surface area contributed by atoms with Crippen LogP contribution >= 0.6 is 0 Å². The largest absolute Gasteiger partial charge is 0.0799 e. The van der Waals surface area contributed by atoms with E-state index < -0.39 is 0 Å². The van der Waals surface area contributed by atoms with Crippen molar-refractivity contribution in [2.75, 3.05) is 0 Å². The summed E-state index contributed by atoms with van der Waals surface area (Å²) in [6, 6.07) is 8.87. The Morgan fingerprint density at radius 2 is 2.00 bits per heavy atom. The van der Waals surface area contributed by atoms with E-state index in [4.69, 9.17) is 0 Å². The summed E-state index contributed by atoms with van der Waals surface area (Å²) in [6.45, 7) is 2.39. The van der Waals surface area contributed by atoms with Crippen LogP contribution in [0.25, 0.3) is 6.08 Å². The number of rotatable bonds is 0. The summed E-state index contributed by atoms with van der Waals surface area (Å²) in [7, 11) is 0. The molecule has 0 aromatic heterocycles. The molecule has 0 amide bonds. The minimum Gasteiger partial charge on any atom is -0.0799 e. The van der Waals surface area contributed by atoms with Crippen LogP contribution in [0, 0.1) is 11.8 Å². The lowest BCUT2D eigenvalue weighted by molar-refractivity contribution is 0.469. The Labute approximate surface area is 85.6 Å². The third-order valence-electron chi connectivity index (χ3n) is 3.95. The van der Waals surface area contributed by atoms with Crippen LogP contribution in [0.4, 0.5) is 0 Å². The third-order valence-corrected chi connectivity index (χ3v) is 3.95. The molecule has 0 saturated heterocycles. The highest BCUT2D eigenvalue weighted by Crippen LogP contribution is 2.47. The topological polar surface area (TPSA) is 0 Å². The van der Waals surface area contributed by atoms with Gasteiger partial charge in [-0.1, -0.05) is 43.3 Å². The minimum absolute atomic E-state index is 0.810. The molecular formula is C14H16. The first kappa shape index (κ1) is 8.28. The maximum atomic E-state index is 2.44. The van der Waals surface area contributed by atoms with E-state index in [2.05, 4.69) is 43.3 Å². The fraction of sp³-hybridized carbons (Fsp3) is 0.429. The predicted molar refractivity (Wildman–Crippen MR) is 60.1 cm³/mol. The SMILES string of the molecule is CC1CCC2c3ccccc3C=CC12. The van der Waals surface area contributed by atoms with E-state index >= 15 is 0 Å². The number of hydrogen-bond donors (Lipinski definition) is 0. The first-order chi connectivity index (χ1) is 6.86. The summed E-state index contributed by atoms with van der Waals surface area (Å²) in [5.41, 5.74) is 3.03. The molecule has 0 spiro atoms. The quantitative estimate of drug-likeness (QED) is 0.574. The Hall–Kier alpha value is -1.04. The Kier molecular flexibility index (Phi) is 1.76. The molecule has 0 radical (unpaired) electrons. The molecule has 2 aliphatic rings. The van der Waals surface area contributed by atoms with Crippen LogP contribution in [-0.4, -0.2) is 0 Å². The van der Waals surface area contributed by atoms with Crippen molar-refractivity contribution in [2.24, 2.45) is 11.8 Å². The zero-order valence-corrected chi connectivity index (χ0v) is 8.61. The molecule has 0 bridgehead atoms. The van der Waals surface area contributed by atoms with Crippen molar-refractivity contribution < 1.29 is 0 Å². The van der Waals surface area contributed by atoms with Crippen molar-refractivity contribution in [2.45, 2.75) is 25.7 Å². The second-order valence-corrected chi connectivity index (χ2v) is 4.73. The lowest BCUT2D eigenvalue weighted by Crippen LogP contribution is -2.13. The summed E-state index contributed by atoms with van der Waals surface area (Å²) in [4.78, 5) is 0. The zero-order chi connectivity index (χ0) is 9.54. The van der Waals surface area contributed by atoms with Crippen molar-refractivity contribution in [1.29, 1.82) is 0 Å². The Morgan fingerprint density at radius 1 is 1.14 bits per heavy atom. The monoisotopic (exact) mass is 184 g/mol. The first-order valence-electron chi connectivity index (χ1n) is 5.63. The summed E-state index contributed by atoms with van der Waals surface area (Å²) in [5.74, 6) is 2.50. The summed E-state index contributed by atoms with van der Waals surface area (Å²) < 4.78 is 0. The van der Waals surface area contributed by atoms with Gasteiger partial charge in [0.05, 0.1) is 0 Å². The molecule has 0 heterocycles. The maximum absolute atomic E-state index is 2.44. The van der Waals surface area contributed by atoms with E-state index in [1.807, 2.05) is 0 Å². The van der Waals surface area contributed by atoms with Crippen molar-refractivity contribution >= 4 is 6.08 Å². The third kappa shape index (κ3) is 1.06. The van der Waals surface area contributed by atoms with Gasteiger partial charge < -0.3 is 0 Å². The minimum atomic E-state index is 0.810. The number of hydrogen-bond acceptors (Lipinski definition) is 0. The Bertz CT molecular complexity index is 375. The normalized spacial score (nSPS) is 33.9. The van der Waals surface area contributed by atoms with Gasteiger partial charge in [0.1, 0.15) is 0 Å². The van der Waals surface area contributed by atoms with Gasteiger partial charge in [0.25, 0.3) is 0 Å². The van der Waals surface area contributed by atoms with Crippen molar-refractivity contribution in [3.63, 3.8) is 0 Å². The van der Waals surface area contributed by atoms with Gasteiger partial charge >= 0.3 is 0 Å². The lowest BCUT2D eigenvalue weighted by atomic mass is 9.79. The molecule has 0 nitrogen and oxygen atoms in total. The Balaban J connectivity index is 2.09. The second kappa shape index (κ2) is 2.98. The van der Waals surface area contributed by atoms with E-state index in [-0.39, 0.29) is 0 Å². The lowest BCUT2D eigenvalue weighted by Gasteiger charge is -2.25. The molecule has 2 aliphatic carbocycles. The van der Waals surface area contributed by atoms with Gasteiger partial charge in [-0.15, -0.1) is 0 Å². The highest BCUT2D eigenvalue weighted by atomic mass is 14.4. The molecule has 3 unspecified atom stereocenters. The predicted octanol–water partition coefficient (Wildman–Crippen LogP) is 3.84. The van der Waals surface area contributed by atoms with Crippen LogP contribution in [0.1, 0.15) is 36.8 Å². The van der Waals surface area contributed by atoms with Crippen LogP contribution in [0.2, 0.25) is 0 Å². The molecule has 1 aromatic rings.